The molecule has 4 heterocycles. The van der Waals surface area contributed by atoms with Gasteiger partial charge in [0.1, 0.15) is 11.3 Å². The van der Waals surface area contributed by atoms with Crippen molar-refractivity contribution in [3.05, 3.63) is 59.7 Å². The quantitative estimate of drug-likeness (QED) is 0.854. The van der Waals surface area contributed by atoms with E-state index in [1.165, 1.54) is 0 Å². The average Bonchev–Trinajstić information content (AvgIpc) is 3.09. The molecule has 1 unspecified atom stereocenters. The molecule has 0 saturated carbocycles. The summed E-state index contributed by atoms with van der Waals surface area (Å²) < 4.78 is 5.99. The fraction of sp³-hybridized carbons (Fsp3) is 0.429. The first kappa shape index (κ1) is 18.6. The van der Waals surface area contributed by atoms with Crippen molar-refractivity contribution in [2.24, 2.45) is 5.92 Å². The number of pyridine rings is 2. The normalized spacial score (nSPS) is 20.0. The van der Waals surface area contributed by atoms with Gasteiger partial charge >= 0.3 is 0 Å². The van der Waals surface area contributed by atoms with E-state index in [9.17, 15) is 9.59 Å². The van der Waals surface area contributed by atoms with Gasteiger partial charge in [-0.2, -0.15) is 0 Å². The van der Waals surface area contributed by atoms with Crippen LogP contribution >= 0.6 is 0 Å². The maximum absolute atomic E-state index is 12.5. The summed E-state index contributed by atoms with van der Waals surface area (Å²) in [6, 6.07) is 9.23. The summed E-state index contributed by atoms with van der Waals surface area (Å²) in [5.41, 5.74) is 2.03. The highest BCUT2D eigenvalue weighted by Crippen LogP contribution is 2.39. The van der Waals surface area contributed by atoms with Gasteiger partial charge in [0.15, 0.2) is 0 Å². The van der Waals surface area contributed by atoms with Crippen molar-refractivity contribution in [2.45, 2.75) is 31.9 Å². The molecule has 146 valence electrons. The smallest absolute Gasteiger partial charge is 0.272 e. The topological polar surface area (TPSA) is 84.4 Å². The number of hydrogen-bond acceptors (Lipinski definition) is 5. The number of likely N-dealkylation sites (tertiary alicyclic amines) is 1. The molecule has 1 N–H and O–H groups in total. The van der Waals surface area contributed by atoms with Crippen molar-refractivity contribution in [1.82, 2.24) is 20.2 Å². The van der Waals surface area contributed by atoms with Crippen molar-refractivity contribution in [3.8, 4) is 0 Å². The predicted molar refractivity (Wildman–Crippen MR) is 102 cm³/mol. The molecule has 28 heavy (non-hydrogen) atoms. The van der Waals surface area contributed by atoms with Crippen LogP contribution in [0.3, 0.4) is 0 Å². The van der Waals surface area contributed by atoms with Crippen LogP contribution in [0.25, 0.3) is 0 Å². The summed E-state index contributed by atoms with van der Waals surface area (Å²) in [6.07, 6.45) is 4.68. The van der Waals surface area contributed by atoms with Crippen LogP contribution in [0, 0.1) is 12.8 Å². The van der Waals surface area contributed by atoms with Crippen molar-refractivity contribution in [2.75, 3.05) is 19.7 Å². The van der Waals surface area contributed by atoms with Gasteiger partial charge in [-0.05, 0) is 49.1 Å². The van der Waals surface area contributed by atoms with Crippen molar-refractivity contribution in [1.29, 1.82) is 0 Å². The zero-order valence-electron chi connectivity index (χ0n) is 15.9. The molecule has 2 fully saturated rings. The number of nitrogens with one attached hydrogen (secondary N) is 1. The van der Waals surface area contributed by atoms with Crippen molar-refractivity contribution in [3.63, 3.8) is 0 Å². The average molecular weight is 380 g/mol. The lowest BCUT2D eigenvalue weighted by molar-refractivity contribution is -0.122. The van der Waals surface area contributed by atoms with E-state index in [4.69, 9.17) is 4.74 Å². The lowest BCUT2D eigenvalue weighted by atomic mass is 9.85. The molecule has 0 aliphatic carbocycles. The number of aromatic nitrogens is 2. The number of rotatable bonds is 5. The Kier molecular flexibility index (Phi) is 5.09. The van der Waals surface area contributed by atoms with E-state index in [0.717, 1.165) is 17.7 Å². The molecule has 2 amide bonds. The molecule has 4 rings (SSSR count). The summed E-state index contributed by atoms with van der Waals surface area (Å²) in [4.78, 5) is 34.8. The van der Waals surface area contributed by atoms with Crippen LogP contribution in [-0.4, -0.2) is 52.0 Å². The SMILES string of the molecule is Cc1cccc(C(=O)N2CC3(CC(CC(=O)NCc4ccncc4)CO3)C2)n1. The summed E-state index contributed by atoms with van der Waals surface area (Å²) in [6.45, 7) is 4.07. The van der Waals surface area contributed by atoms with Gasteiger partial charge in [0.05, 0.1) is 19.7 Å². The van der Waals surface area contributed by atoms with Crippen LogP contribution in [0.2, 0.25) is 0 Å². The number of ether oxygens (including phenoxy) is 1. The second-order valence-corrected chi connectivity index (χ2v) is 7.73. The summed E-state index contributed by atoms with van der Waals surface area (Å²) in [7, 11) is 0. The standard InChI is InChI=1S/C21H24N4O3/c1-15-3-2-4-18(24-15)20(27)25-13-21(14-25)10-17(12-28-21)9-19(26)23-11-16-5-7-22-8-6-16/h2-8,17H,9-14H2,1H3,(H,23,26). The molecule has 2 aliphatic heterocycles. The molecule has 7 nitrogen and oxygen atoms in total. The molecule has 2 saturated heterocycles. The van der Waals surface area contributed by atoms with Gasteiger partial charge in [0.25, 0.3) is 5.91 Å². The van der Waals surface area contributed by atoms with Crippen LogP contribution in [-0.2, 0) is 16.1 Å². The second kappa shape index (κ2) is 7.67. The number of nitrogens with zero attached hydrogens (tertiary/aromatic N) is 3. The van der Waals surface area contributed by atoms with Crippen molar-refractivity contribution >= 4 is 11.8 Å². The van der Waals surface area contributed by atoms with Crippen LogP contribution < -0.4 is 5.32 Å². The van der Waals surface area contributed by atoms with Gasteiger partial charge in [0, 0.05) is 31.1 Å². The summed E-state index contributed by atoms with van der Waals surface area (Å²) >= 11 is 0. The van der Waals surface area contributed by atoms with Crippen molar-refractivity contribution < 1.29 is 14.3 Å². The Morgan fingerprint density at radius 1 is 1.25 bits per heavy atom. The lowest BCUT2D eigenvalue weighted by Gasteiger charge is -2.47. The third-order valence-electron chi connectivity index (χ3n) is 5.35. The predicted octanol–water partition coefficient (Wildman–Crippen LogP) is 1.72. The van der Waals surface area contributed by atoms with E-state index in [0.29, 0.717) is 38.4 Å². The number of carbonyl (C=O) groups is 2. The highest BCUT2D eigenvalue weighted by atomic mass is 16.5. The molecule has 1 spiro atoms. The van der Waals surface area contributed by atoms with Crippen LogP contribution in [0.1, 0.15) is 34.6 Å². The fourth-order valence-corrected chi connectivity index (χ4v) is 3.94. The number of aryl methyl sites for hydroxylation is 1. The number of amides is 2. The van der Waals surface area contributed by atoms with E-state index >= 15 is 0 Å². The maximum atomic E-state index is 12.5. The Morgan fingerprint density at radius 3 is 2.79 bits per heavy atom. The van der Waals surface area contributed by atoms with Crippen LogP contribution in [0.5, 0.6) is 0 Å². The Balaban J connectivity index is 1.24. The minimum Gasteiger partial charge on any atom is -0.371 e. The Labute approximate surface area is 164 Å². The molecule has 0 aromatic carbocycles. The molecule has 0 bridgehead atoms. The monoisotopic (exact) mass is 380 g/mol. The van der Waals surface area contributed by atoms with Gasteiger partial charge in [-0.25, -0.2) is 4.98 Å². The molecule has 2 aliphatic rings. The highest BCUT2D eigenvalue weighted by Gasteiger charge is 2.51. The first-order valence-electron chi connectivity index (χ1n) is 9.55. The van der Waals surface area contributed by atoms with E-state index in [-0.39, 0.29) is 23.3 Å². The zero-order valence-corrected chi connectivity index (χ0v) is 15.9. The molecule has 2 aromatic heterocycles. The Hall–Kier alpha value is -2.80. The van der Waals surface area contributed by atoms with E-state index in [1.54, 1.807) is 23.4 Å². The maximum Gasteiger partial charge on any atom is 0.272 e. The number of hydrogen-bond donors (Lipinski definition) is 1. The second-order valence-electron chi connectivity index (χ2n) is 7.73. The summed E-state index contributed by atoms with van der Waals surface area (Å²) in [5, 5.41) is 2.95. The van der Waals surface area contributed by atoms with Crippen LogP contribution in [0.15, 0.2) is 42.7 Å². The third-order valence-corrected chi connectivity index (χ3v) is 5.35. The van der Waals surface area contributed by atoms with Gasteiger partial charge in [0.2, 0.25) is 5.91 Å². The fourth-order valence-electron chi connectivity index (χ4n) is 3.94. The minimum atomic E-state index is -0.296. The van der Waals surface area contributed by atoms with Gasteiger partial charge in [-0.1, -0.05) is 6.07 Å². The Morgan fingerprint density at radius 2 is 2.04 bits per heavy atom. The first-order valence-corrected chi connectivity index (χ1v) is 9.55. The third kappa shape index (κ3) is 4.04. The molecular weight excluding hydrogens is 356 g/mol. The first-order chi connectivity index (χ1) is 13.5. The molecule has 2 aromatic rings. The largest absolute Gasteiger partial charge is 0.371 e. The molecule has 0 radical (unpaired) electrons. The van der Waals surface area contributed by atoms with Gasteiger partial charge in [-0.15, -0.1) is 0 Å². The molecule has 7 heteroatoms. The highest BCUT2D eigenvalue weighted by molar-refractivity contribution is 5.93. The lowest BCUT2D eigenvalue weighted by Crippen LogP contribution is -2.63. The minimum absolute atomic E-state index is 0.0266. The Bertz CT molecular complexity index is 865. The number of carbonyl (C=O) groups excluding carboxylic acids is 2. The van der Waals surface area contributed by atoms with E-state index < -0.39 is 0 Å². The van der Waals surface area contributed by atoms with E-state index in [2.05, 4.69) is 15.3 Å². The van der Waals surface area contributed by atoms with Gasteiger partial charge in [-0.3, -0.25) is 14.6 Å². The zero-order chi connectivity index (χ0) is 19.6. The summed E-state index contributed by atoms with van der Waals surface area (Å²) in [5.74, 6) is 0.155. The van der Waals surface area contributed by atoms with E-state index in [1.807, 2.05) is 31.2 Å². The molecular formula is C21H24N4O3. The van der Waals surface area contributed by atoms with Crippen LogP contribution in [0.4, 0.5) is 0 Å². The molecule has 1 atom stereocenters. The van der Waals surface area contributed by atoms with Gasteiger partial charge < -0.3 is 15.0 Å².